The van der Waals surface area contributed by atoms with Gasteiger partial charge < -0.3 is 15.1 Å². The first-order valence-corrected chi connectivity index (χ1v) is 6.62. The molecule has 0 atom stereocenters. The zero-order valence-corrected chi connectivity index (χ0v) is 12.0. The molecule has 18 heavy (non-hydrogen) atoms. The first-order valence-electron chi connectivity index (χ1n) is 6.62. The van der Waals surface area contributed by atoms with E-state index in [9.17, 15) is 9.59 Å². The van der Waals surface area contributed by atoms with Crippen molar-refractivity contribution in [3.8, 4) is 0 Å². The van der Waals surface area contributed by atoms with E-state index in [0.29, 0.717) is 0 Å². The van der Waals surface area contributed by atoms with E-state index in [1.54, 1.807) is 11.9 Å². The molecule has 1 fully saturated rings. The van der Waals surface area contributed by atoms with Crippen LogP contribution in [0.3, 0.4) is 0 Å². The number of hydrogen-bond donors (Lipinski definition) is 1. The maximum Gasteiger partial charge on any atom is 0.242 e. The van der Waals surface area contributed by atoms with Gasteiger partial charge in [-0.15, -0.1) is 0 Å². The quantitative estimate of drug-likeness (QED) is 0.787. The molecule has 1 aliphatic rings. The monoisotopic (exact) mass is 255 g/mol. The fourth-order valence-corrected chi connectivity index (χ4v) is 1.96. The van der Waals surface area contributed by atoms with Crippen LogP contribution in [0.2, 0.25) is 0 Å². The lowest BCUT2D eigenvalue weighted by molar-refractivity contribution is -0.145. The number of amides is 2. The van der Waals surface area contributed by atoms with Crippen LogP contribution in [0.4, 0.5) is 0 Å². The molecule has 0 aromatic carbocycles. The van der Waals surface area contributed by atoms with Crippen LogP contribution >= 0.6 is 0 Å². The normalized spacial score (nSPS) is 16.6. The summed E-state index contributed by atoms with van der Waals surface area (Å²) in [6, 6.07) is 0. The van der Waals surface area contributed by atoms with Crippen LogP contribution < -0.4 is 5.32 Å². The van der Waals surface area contributed by atoms with E-state index in [1.165, 1.54) is 0 Å². The van der Waals surface area contributed by atoms with E-state index >= 15 is 0 Å². The second-order valence-electron chi connectivity index (χ2n) is 5.53. The van der Waals surface area contributed by atoms with E-state index < -0.39 is 5.41 Å². The van der Waals surface area contributed by atoms with Crippen LogP contribution in [-0.4, -0.2) is 61.4 Å². The maximum absolute atomic E-state index is 12.2. The Hall–Kier alpha value is -1.10. The molecule has 2 amide bonds. The van der Waals surface area contributed by atoms with Crippen LogP contribution in [0.25, 0.3) is 0 Å². The van der Waals surface area contributed by atoms with Gasteiger partial charge in [-0.05, 0) is 6.42 Å². The lowest BCUT2D eigenvalue weighted by atomic mass is 9.89. The first kappa shape index (κ1) is 15.0. The van der Waals surface area contributed by atoms with Crippen molar-refractivity contribution in [1.82, 2.24) is 15.1 Å². The molecular weight excluding hydrogens is 230 g/mol. The minimum atomic E-state index is -0.390. The summed E-state index contributed by atoms with van der Waals surface area (Å²) in [5.41, 5.74) is -0.390. The lowest BCUT2D eigenvalue weighted by Crippen LogP contribution is -2.51. The third-order valence-corrected chi connectivity index (χ3v) is 3.65. The number of carbonyl (C=O) groups excluding carboxylic acids is 2. The van der Waals surface area contributed by atoms with Crippen LogP contribution in [0.15, 0.2) is 0 Å². The Balaban J connectivity index is 2.50. The van der Waals surface area contributed by atoms with Gasteiger partial charge in [0.15, 0.2) is 0 Å². The van der Waals surface area contributed by atoms with Gasteiger partial charge in [0.1, 0.15) is 0 Å². The number of nitrogens with zero attached hydrogens (tertiary/aromatic N) is 2. The smallest absolute Gasteiger partial charge is 0.242 e. The first-order chi connectivity index (χ1) is 8.38. The number of rotatable bonds is 4. The molecule has 0 aromatic heterocycles. The molecular formula is C13H25N3O2. The van der Waals surface area contributed by atoms with E-state index in [4.69, 9.17) is 0 Å². The van der Waals surface area contributed by atoms with Gasteiger partial charge in [0.05, 0.1) is 6.54 Å². The molecule has 1 saturated heterocycles. The van der Waals surface area contributed by atoms with E-state index in [-0.39, 0.29) is 18.4 Å². The van der Waals surface area contributed by atoms with Crippen LogP contribution in [0.5, 0.6) is 0 Å². The predicted molar refractivity (Wildman–Crippen MR) is 71.2 cm³/mol. The maximum atomic E-state index is 12.2. The van der Waals surface area contributed by atoms with Crippen LogP contribution in [0.1, 0.15) is 27.2 Å². The van der Waals surface area contributed by atoms with Crippen molar-refractivity contribution in [2.24, 2.45) is 5.41 Å². The van der Waals surface area contributed by atoms with Crippen molar-refractivity contribution in [2.75, 3.05) is 39.8 Å². The molecule has 104 valence electrons. The Kier molecular flexibility index (Phi) is 5.14. The largest absolute Gasteiger partial charge is 0.339 e. The standard InChI is InChI=1S/C13H25N3O2/c1-5-13(2,3)12(18)15(4)10-11(17)16-8-6-14-7-9-16/h14H,5-10H2,1-4H3. The highest BCUT2D eigenvalue weighted by atomic mass is 16.2. The molecule has 1 rings (SSSR count). The molecule has 5 nitrogen and oxygen atoms in total. The molecule has 1 aliphatic heterocycles. The summed E-state index contributed by atoms with van der Waals surface area (Å²) in [5, 5.41) is 3.20. The fraction of sp³-hybridized carbons (Fsp3) is 0.846. The highest BCUT2D eigenvalue weighted by Gasteiger charge is 2.30. The minimum absolute atomic E-state index is 0.0356. The Morgan fingerprint density at radius 1 is 1.28 bits per heavy atom. The molecule has 0 spiro atoms. The summed E-state index contributed by atoms with van der Waals surface area (Å²) in [6.07, 6.45) is 0.776. The third-order valence-electron chi connectivity index (χ3n) is 3.65. The van der Waals surface area contributed by atoms with Crippen LogP contribution in [-0.2, 0) is 9.59 Å². The Bertz CT molecular complexity index is 309. The zero-order chi connectivity index (χ0) is 13.8. The van der Waals surface area contributed by atoms with Crippen LogP contribution in [0, 0.1) is 5.41 Å². The van der Waals surface area contributed by atoms with Crippen molar-refractivity contribution in [1.29, 1.82) is 0 Å². The third kappa shape index (κ3) is 3.70. The van der Waals surface area contributed by atoms with Gasteiger partial charge in [0, 0.05) is 38.6 Å². The molecule has 0 radical (unpaired) electrons. The second kappa shape index (κ2) is 6.18. The van der Waals surface area contributed by atoms with Gasteiger partial charge >= 0.3 is 0 Å². The second-order valence-corrected chi connectivity index (χ2v) is 5.53. The summed E-state index contributed by atoms with van der Waals surface area (Å²) in [5.74, 6) is 0.0766. The minimum Gasteiger partial charge on any atom is -0.339 e. The average molecular weight is 255 g/mol. The molecule has 1 heterocycles. The topological polar surface area (TPSA) is 52.7 Å². The van der Waals surface area contributed by atoms with Crippen molar-refractivity contribution in [3.05, 3.63) is 0 Å². The van der Waals surface area contributed by atoms with Crippen molar-refractivity contribution >= 4 is 11.8 Å². The molecule has 0 aromatic rings. The molecule has 1 N–H and O–H groups in total. The Morgan fingerprint density at radius 2 is 1.83 bits per heavy atom. The molecule has 0 aliphatic carbocycles. The summed E-state index contributed by atoms with van der Waals surface area (Å²) >= 11 is 0. The van der Waals surface area contributed by atoms with Crippen molar-refractivity contribution in [2.45, 2.75) is 27.2 Å². The van der Waals surface area contributed by atoms with Crippen molar-refractivity contribution in [3.63, 3.8) is 0 Å². The molecule has 0 unspecified atom stereocenters. The van der Waals surface area contributed by atoms with Crippen molar-refractivity contribution < 1.29 is 9.59 Å². The van der Waals surface area contributed by atoms with Gasteiger partial charge in [-0.2, -0.15) is 0 Å². The van der Waals surface area contributed by atoms with Gasteiger partial charge in [-0.3, -0.25) is 9.59 Å². The van der Waals surface area contributed by atoms with Gasteiger partial charge in [0.2, 0.25) is 11.8 Å². The predicted octanol–water partition coefficient (Wildman–Crippen LogP) is 0.313. The highest BCUT2D eigenvalue weighted by molar-refractivity contribution is 5.87. The fourth-order valence-electron chi connectivity index (χ4n) is 1.96. The zero-order valence-electron chi connectivity index (χ0n) is 12.0. The SMILES string of the molecule is CCC(C)(C)C(=O)N(C)CC(=O)N1CCNCC1. The summed E-state index contributed by atoms with van der Waals surface area (Å²) in [7, 11) is 1.71. The number of likely N-dealkylation sites (N-methyl/N-ethyl adjacent to an activating group) is 1. The molecule has 5 heteroatoms. The van der Waals surface area contributed by atoms with E-state index in [1.807, 2.05) is 25.7 Å². The van der Waals surface area contributed by atoms with Gasteiger partial charge in [0.25, 0.3) is 0 Å². The average Bonchev–Trinajstić information content (AvgIpc) is 2.38. The van der Waals surface area contributed by atoms with E-state index in [0.717, 1.165) is 32.6 Å². The summed E-state index contributed by atoms with van der Waals surface area (Å²) in [6.45, 7) is 9.15. The summed E-state index contributed by atoms with van der Waals surface area (Å²) in [4.78, 5) is 27.6. The van der Waals surface area contributed by atoms with E-state index in [2.05, 4.69) is 5.32 Å². The number of carbonyl (C=O) groups is 2. The lowest BCUT2D eigenvalue weighted by Gasteiger charge is -2.32. The number of piperazine rings is 1. The Labute approximate surface area is 110 Å². The molecule has 0 bridgehead atoms. The number of hydrogen-bond acceptors (Lipinski definition) is 3. The highest BCUT2D eigenvalue weighted by Crippen LogP contribution is 2.22. The molecule has 0 saturated carbocycles. The number of nitrogens with one attached hydrogen (secondary N) is 1. The Morgan fingerprint density at radius 3 is 2.33 bits per heavy atom. The van der Waals surface area contributed by atoms with Gasteiger partial charge in [-0.1, -0.05) is 20.8 Å². The summed E-state index contributed by atoms with van der Waals surface area (Å²) < 4.78 is 0. The van der Waals surface area contributed by atoms with Gasteiger partial charge in [-0.25, -0.2) is 0 Å².